The van der Waals surface area contributed by atoms with Crippen LogP contribution in [0.3, 0.4) is 0 Å². The zero-order valence-electron chi connectivity index (χ0n) is 15.8. The van der Waals surface area contributed by atoms with Crippen LogP contribution in [0.25, 0.3) is 0 Å². The first-order chi connectivity index (χ1) is 14.3. The first-order valence-electron chi connectivity index (χ1n) is 9.20. The number of rotatable bonds is 7. The number of benzene rings is 2. The average molecular weight is 498 g/mol. The van der Waals surface area contributed by atoms with Crippen molar-refractivity contribution in [1.82, 2.24) is 4.72 Å². The largest absolute Gasteiger partial charge is 0.381 e. The molecule has 9 nitrogen and oxygen atoms in total. The highest BCUT2D eigenvalue weighted by molar-refractivity contribution is 9.10. The number of nitro groups is 1. The molecule has 1 heterocycles. The van der Waals surface area contributed by atoms with Crippen molar-refractivity contribution in [3.05, 3.63) is 62.6 Å². The summed E-state index contributed by atoms with van der Waals surface area (Å²) in [6.45, 7) is 1.74. The Kier molecular flexibility index (Phi) is 7.06. The number of nitrogens with zero attached hydrogens (tertiary/aromatic N) is 1. The Balaban J connectivity index is 1.85. The number of nitrogens with one attached hydrogen (secondary N) is 2. The van der Waals surface area contributed by atoms with E-state index in [1.54, 1.807) is 18.2 Å². The lowest BCUT2D eigenvalue weighted by molar-refractivity contribution is -0.385. The molecule has 160 valence electrons. The average Bonchev–Trinajstić information content (AvgIpc) is 2.72. The summed E-state index contributed by atoms with van der Waals surface area (Å²) in [5.41, 5.74) is -0.0766. The molecule has 1 aliphatic heterocycles. The molecule has 0 saturated carbocycles. The van der Waals surface area contributed by atoms with Crippen LogP contribution in [0.1, 0.15) is 23.2 Å². The van der Waals surface area contributed by atoms with Gasteiger partial charge < -0.3 is 10.1 Å². The third-order valence-electron chi connectivity index (χ3n) is 4.65. The van der Waals surface area contributed by atoms with Crippen LogP contribution in [0.15, 0.2) is 51.8 Å². The molecule has 2 aromatic carbocycles. The van der Waals surface area contributed by atoms with Crippen molar-refractivity contribution in [2.24, 2.45) is 5.92 Å². The van der Waals surface area contributed by atoms with Gasteiger partial charge >= 0.3 is 5.69 Å². The molecular formula is C19H20BrN3O6S. The van der Waals surface area contributed by atoms with Gasteiger partial charge in [-0.1, -0.05) is 18.2 Å². The fraction of sp³-hybridized carbons (Fsp3) is 0.316. The molecule has 1 fully saturated rings. The molecular weight excluding hydrogens is 478 g/mol. The Labute approximate surface area is 182 Å². The second-order valence-corrected chi connectivity index (χ2v) is 9.24. The van der Waals surface area contributed by atoms with Crippen LogP contribution in [0.2, 0.25) is 0 Å². The Morgan fingerprint density at radius 1 is 1.23 bits per heavy atom. The van der Waals surface area contributed by atoms with E-state index in [9.17, 15) is 23.3 Å². The molecule has 0 bridgehead atoms. The standard InChI is InChI=1S/C19H20BrN3O6S/c20-17-16(30(27,28)22-19(24)14-6-2-1-3-7-14)9-8-15(18(17)23(25)26)21-11-13-5-4-10-29-12-13/h1-3,6-9,13,21H,4-5,10-12H2,(H,22,24). The van der Waals surface area contributed by atoms with Crippen LogP contribution in [0.4, 0.5) is 11.4 Å². The maximum absolute atomic E-state index is 12.7. The van der Waals surface area contributed by atoms with Crippen molar-refractivity contribution < 1.29 is 22.9 Å². The molecule has 2 aromatic rings. The molecule has 30 heavy (non-hydrogen) atoms. The SMILES string of the molecule is O=C(NS(=O)(=O)c1ccc(NCC2CCCOC2)c([N+](=O)[O-])c1Br)c1ccccc1. The summed E-state index contributed by atoms with van der Waals surface area (Å²) in [4.78, 5) is 22.8. The monoisotopic (exact) mass is 497 g/mol. The Morgan fingerprint density at radius 2 is 1.97 bits per heavy atom. The van der Waals surface area contributed by atoms with Crippen LogP contribution in [0.5, 0.6) is 0 Å². The van der Waals surface area contributed by atoms with Gasteiger partial charge in [-0.2, -0.15) is 0 Å². The minimum absolute atomic E-state index is 0.152. The molecule has 1 unspecified atom stereocenters. The van der Waals surface area contributed by atoms with Crippen molar-refractivity contribution in [1.29, 1.82) is 0 Å². The third kappa shape index (κ3) is 5.15. The Bertz CT molecular complexity index is 1040. The predicted molar refractivity (Wildman–Crippen MR) is 114 cm³/mol. The quantitative estimate of drug-likeness (QED) is 0.443. The number of sulfonamides is 1. The van der Waals surface area contributed by atoms with Crippen LogP contribution in [0, 0.1) is 16.0 Å². The fourth-order valence-electron chi connectivity index (χ4n) is 3.12. The number of nitro benzene ring substituents is 1. The third-order valence-corrected chi connectivity index (χ3v) is 7.09. The van der Waals surface area contributed by atoms with Crippen molar-refractivity contribution in [2.75, 3.05) is 25.1 Å². The van der Waals surface area contributed by atoms with Crippen LogP contribution < -0.4 is 10.0 Å². The maximum atomic E-state index is 12.7. The number of anilines is 1. The van der Waals surface area contributed by atoms with Gasteiger partial charge in [-0.05, 0) is 59.0 Å². The van der Waals surface area contributed by atoms with Gasteiger partial charge in [0.1, 0.15) is 15.1 Å². The first kappa shape index (κ1) is 22.2. The summed E-state index contributed by atoms with van der Waals surface area (Å²) in [6.07, 6.45) is 1.87. The molecule has 1 aliphatic rings. The van der Waals surface area contributed by atoms with Gasteiger partial charge in [0.25, 0.3) is 15.9 Å². The van der Waals surface area contributed by atoms with E-state index in [1.165, 1.54) is 24.3 Å². The molecule has 1 amide bonds. The van der Waals surface area contributed by atoms with Crippen molar-refractivity contribution in [3.8, 4) is 0 Å². The summed E-state index contributed by atoms with van der Waals surface area (Å²) in [5.74, 6) is -0.615. The molecule has 1 saturated heterocycles. The van der Waals surface area contributed by atoms with Crippen molar-refractivity contribution >= 4 is 43.2 Å². The van der Waals surface area contributed by atoms with E-state index < -0.39 is 31.4 Å². The van der Waals surface area contributed by atoms with Crippen molar-refractivity contribution in [3.63, 3.8) is 0 Å². The molecule has 0 aliphatic carbocycles. The van der Waals surface area contributed by atoms with Crippen LogP contribution in [-0.2, 0) is 14.8 Å². The summed E-state index contributed by atoms with van der Waals surface area (Å²) in [7, 11) is -4.35. The van der Waals surface area contributed by atoms with E-state index in [0.717, 1.165) is 12.8 Å². The highest BCUT2D eigenvalue weighted by Gasteiger charge is 2.29. The number of ether oxygens (including phenoxy) is 1. The normalized spacial score (nSPS) is 16.6. The lowest BCUT2D eigenvalue weighted by Crippen LogP contribution is -2.31. The van der Waals surface area contributed by atoms with E-state index in [4.69, 9.17) is 4.74 Å². The molecule has 2 N–H and O–H groups in total. The van der Waals surface area contributed by atoms with E-state index in [2.05, 4.69) is 21.2 Å². The second-order valence-electron chi connectivity index (χ2n) is 6.80. The van der Waals surface area contributed by atoms with Gasteiger partial charge in [-0.3, -0.25) is 14.9 Å². The van der Waals surface area contributed by atoms with Crippen molar-refractivity contribution in [2.45, 2.75) is 17.7 Å². The van der Waals surface area contributed by atoms with E-state index in [-0.39, 0.29) is 21.6 Å². The topological polar surface area (TPSA) is 128 Å². The number of hydrogen-bond acceptors (Lipinski definition) is 7. The van der Waals surface area contributed by atoms with Gasteiger partial charge in [0.15, 0.2) is 0 Å². The molecule has 0 aromatic heterocycles. The predicted octanol–water partition coefficient (Wildman–Crippen LogP) is 3.31. The van der Waals surface area contributed by atoms with Gasteiger partial charge in [0.05, 0.1) is 11.5 Å². The minimum Gasteiger partial charge on any atom is -0.381 e. The van der Waals surface area contributed by atoms with E-state index in [1.807, 2.05) is 4.72 Å². The lowest BCUT2D eigenvalue weighted by atomic mass is 10.0. The number of carbonyl (C=O) groups excluding carboxylic acids is 1. The minimum atomic E-state index is -4.35. The highest BCUT2D eigenvalue weighted by atomic mass is 79.9. The smallest absolute Gasteiger partial charge is 0.307 e. The second kappa shape index (κ2) is 9.54. The molecule has 3 rings (SSSR count). The summed E-state index contributed by atoms with van der Waals surface area (Å²) in [5, 5.41) is 14.7. The summed E-state index contributed by atoms with van der Waals surface area (Å²) < 4.78 is 32.5. The number of halogens is 1. The lowest BCUT2D eigenvalue weighted by Gasteiger charge is -2.22. The molecule has 1 atom stereocenters. The zero-order valence-corrected chi connectivity index (χ0v) is 18.2. The fourth-order valence-corrected chi connectivity index (χ4v) is 5.30. The molecule has 11 heteroatoms. The first-order valence-corrected chi connectivity index (χ1v) is 11.5. The van der Waals surface area contributed by atoms with Gasteiger partial charge in [-0.25, -0.2) is 13.1 Å². The van der Waals surface area contributed by atoms with Gasteiger partial charge in [0.2, 0.25) is 0 Å². The van der Waals surface area contributed by atoms with Crippen LogP contribution >= 0.6 is 15.9 Å². The molecule has 0 spiro atoms. The summed E-state index contributed by atoms with van der Waals surface area (Å²) in [6, 6.07) is 10.4. The summed E-state index contributed by atoms with van der Waals surface area (Å²) >= 11 is 3.04. The number of carbonyl (C=O) groups is 1. The number of hydrogen-bond donors (Lipinski definition) is 2. The van der Waals surface area contributed by atoms with Gasteiger partial charge in [0, 0.05) is 18.7 Å². The molecule has 0 radical (unpaired) electrons. The van der Waals surface area contributed by atoms with E-state index >= 15 is 0 Å². The van der Waals surface area contributed by atoms with E-state index in [0.29, 0.717) is 19.8 Å². The maximum Gasteiger partial charge on any atom is 0.307 e. The Morgan fingerprint density at radius 3 is 2.60 bits per heavy atom. The van der Waals surface area contributed by atoms with Crippen LogP contribution in [-0.4, -0.2) is 39.0 Å². The van der Waals surface area contributed by atoms with Gasteiger partial charge in [-0.15, -0.1) is 0 Å². The highest BCUT2D eigenvalue weighted by Crippen LogP contribution is 2.38. The zero-order chi connectivity index (χ0) is 21.7. The Hall–Kier alpha value is -2.50. The number of amides is 1.